The number of carboxylic acid groups (broad SMARTS) is 1. The van der Waals surface area contributed by atoms with Crippen LogP contribution < -0.4 is 5.32 Å². The van der Waals surface area contributed by atoms with E-state index in [1.54, 1.807) is 6.07 Å². The van der Waals surface area contributed by atoms with E-state index in [1.807, 2.05) is 0 Å². The van der Waals surface area contributed by atoms with Crippen molar-refractivity contribution in [3.63, 3.8) is 0 Å². The molecule has 1 saturated carbocycles. The molecule has 1 aromatic heterocycles. The van der Waals surface area contributed by atoms with Crippen molar-refractivity contribution in [2.45, 2.75) is 26.7 Å². The highest BCUT2D eigenvalue weighted by Gasteiger charge is 2.45. The van der Waals surface area contributed by atoms with E-state index in [-0.39, 0.29) is 11.3 Å². The molecule has 1 fully saturated rings. The Kier molecular flexibility index (Phi) is 4.40. The van der Waals surface area contributed by atoms with Crippen LogP contribution in [0.3, 0.4) is 0 Å². The van der Waals surface area contributed by atoms with Crippen molar-refractivity contribution in [2.75, 3.05) is 6.54 Å². The van der Waals surface area contributed by atoms with Crippen molar-refractivity contribution in [1.82, 2.24) is 10.3 Å². The van der Waals surface area contributed by atoms with Gasteiger partial charge in [-0.2, -0.15) is 0 Å². The Morgan fingerprint density at radius 3 is 2.76 bits per heavy atom. The molecule has 1 aromatic rings. The third-order valence-corrected chi connectivity index (χ3v) is 4.22. The second-order valence-corrected chi connectivity index (χ2v) is 5.83. The van der Waals surface area contributed by atoms with E-state index in [9.17, 15) is 9.59 Å². The van der Waals surface area contributed by atoms with Crippen LogP contribution in [0.4, 0.5) is 0 Å². The number of pyridine rings is 1. The number of rotatable bonds is 6. The molecule has 1 aliphatic rings. The summed E-state index contributed by atoms with van der Waals surface area (Å²) in [5, 5.41) is 11.6. The van der Waals surface area contributed by atoms with E-state index in [0.29, 0.717) is 23.6 Å². The van der Waals surface area contributed by atoms with E-state index in [0.717, 1.165) is 18.9 Å². The van der Waals surface area contributed by atoms with E-state index in [2.05, 4.69) is 24.1 Å². The van der Waals surface area contributed by atoms with Gasteiger partial charge in [-0.25, -0.2) is 4.79 Å². The molecule has 1 amide bonds. The lowest BCUT2D eigenvalue weighted by Crippen LogP contribution is -2.33. The minimum absolute atomic E-state index is 0.186. The van der Waals surface area contributed by atoms with Crippen LogP contribution in [-0.2, 0) is 4.79 Å². The van der Waals surface area contributed by atoms with E-state index >= 15 is 0 Å². The topological polar surface area (TPSA) is 79.3 Å². The molecule has 2 N–H and O–H groups in total. The monoisotopic (exact) mass is 288 g/mol. The summed E-state index contributed by atoms with van der Waals surface area (Å²) in [4.78, 5) is 26.8. The molecule has 0 saturated heterocycles. The molecule has 0 aliphatic heterocycles. The third-order valence-electron chi connectivity index (χ3n) is 4.22. The minimum atomic E-state index is -1.05. The van der Waals surface area contributed by atoms with E-state index < -0.39 is 5.97 Å². The molecule has 0 atom stereocenters. The van der Waals surface area contributed by atoms with Crippen LogP contribution in [-0.4, -0.2) is 28.5 Å². The number of hydrogen-bond acceptors (Lipinski definition) is 3. The number of carboxylic acids is 1. The predicted molar refractivity (Wildman–Crippen MR) is 79.7 cm³/mol. The van der Waals surface area contributed by atoms with Crippen LogP contribution >= 0.6 is 0 Å². The van der Waals surface area contributed by atoms with Crippen molar-refractivity contribution < 1.29 is 14.7 Å². The fourth-order valence-corrected chi connectivity index (χ4v) is 2.38. The van der Waals surface area contributed by atoms with Crippen LogP contribution in [0.2, 0.25) is 0 Å². The minimum Gasteiger partial charge on any atom is -0.478 e. The fourth-order valence-electron chi connectivity index (χ4n) is 2.38. The Morgan fingerprint density at radius 2 is 2.19 bits per heavy atom. The second-order valence-electron chi connectivity index (χ2n) is 5.83. The van der Waals surface area contributed by atoms with Crippen LogP contribution in [0.1, 0.15) is 42.6 Å². The normalized spacial score (nSPS) is 16.1. The van der Waals surface area contributed by atoms with Gasteiger partial charge in [-0.05, 0) is 36.3 Å². The van der Waals surface area contributed by atoms with Crippen molar-refractivity contribution in [3.8, 4) is 0 Å². The van der Waals surface area contributed by atoms with Gasteiger partial charge in [-0.1, -0.05) is 13.8 Å². The highest BCUT2D eigenvalue weighted by atomic mass is 16.4. The van der Waals surface area contributed by atoms with Crippen molar-refractivity contribution in [3.05, 3.63) is 35.7 Å². The zero-order chi connectivity index (χ0) is 15.5. The van der Waals surface area contributed by atoms with Gasteiger partial charge in [0.15, 0.2) is 0 Å². The van der Waals surface area contributed by atoms with Crippen LogP contribution in [0, 0.1) is 11.3 Å². The Balaban J connectivity index is 2.07. The maximum atomic E-state index is 12.3. The molecular formula is C16H20N2O3. The first-order valence-electron chi connectivity index (χ1n) is 7.08. The summed E-state index contributed by atoms with van der Waals surface area (Å²) in [7, 11) is 0. The van der Waals surface area contributed by atoms with Gasteiger partial charge >= 0.3 is 5.97 Å². The quantitative estimate of drug-likeness (QED) is 0.787. The number of amides is 1. The SMILES string of the molecule is CC(C)C1(CNC(=O)c2ccncc2/C=C/C(=O)O)CC1. The lowest BCUT2D eigenvalue weighted by Gasteiger charge is -2.20. The van der Waals surface area contributed by atoms with Gasteiger partial charge < -0.3 is 10.4 Å². The number of aromatic nitrogens is 1. The van der Waals surface area contributed by atoms with Crippen LogP contribution in [0.15, 0.2) is 24.5 Å². The average Bonchev–Trinajstić information content (AvgIpc) is 3.24. The molecule has 1 aliphatic carbocycles. The first-order chi connectivity index (χ1) is 9.94. The molecule has 2 rings (SSSR count). The number of aliphatic carboxylic acids is 1. The highest BCUT2D eigenvalue weighted by Crippen LogP contribution is 2.51. The zero-order valence-electron chi connectivity index (χ0n) is 12.3. The molecule has 0 aromatic carbocycles. The molecule has 1 heterocycles. The van der Waals surface area contributed by atoms with E-state index in [1.165, 1.54) is 18.5 Å². The van der Waals surface area contributed by atoms with Gasteiger partial charge in [0, 0.05) is 36.1 Å². The number of nitrogens with one attached hydrogen (secondary N) is 1. The average molecular weight is 288 g/mol. The zero-order valence-corrected chi connectivity index (χ0v) is 12.3. The standard InChI is InChI=1S/C16H20N2O3/c1-11(2)16(6-7-16)10-18-15(21)13-5-8-17-9-12(13)3-4-14(19)20/h3-5,8-9,11H,6-7,10H2,1-2H3,(H,18,21)(H,19,20)/b4-3+. The van der Waals surface area contributed by atoms with Gasteiger partial charge in [-0.15, -0.1) is 0 Å². The van der Waals surface area contributed by atoms with Crippen LogP contribution in [0.5, 0.6) is 0 Å². The number of nitrogens with zero attached hydrogens (tertiary/aromatic N) is 1. The molecule has 0 radical (unpaired) electrons. The first-order valence-corrected chi connectivity index (χ1v) is 7.08. The molecule has 0 bridgehead atoms. The maximum Gasteiger partial charge on any atom is 0.328 e. The summed E-state index contributed by atoms with van der Waals surface area (Å²) in [6.07, 6.45) is 7.70. The summed E-state index contributed by atoms with van der Waals surface area (Å²) in [5.74, 6) is -0.696. The molecule has 0 spiro atoms. The number of carbonyl (C=O) groups excluding carboxylic acids is 1. The van der Waals surface area contributed by atoms with Crippen molar-refractivity contribution in [1.29, 1.82) is 0 Å². The molecule has 112 valence electrons. The van der Waals surface area contributed by atoms with Gasteiger partial charge in [0.05, 0.1) is 0 Å². The summed E-state index contributed by atoms with van der Waals surface area (Å²) in [5.41, 5.74) is 1.19. The smallest absolute Gasteiger partial charge is 0.328 e. The largest absolute Gasteiger partial charge is 0.478 e. The lowest BCUT2D eigenvalue weighted by molar-refractivity contribution is -0.131. The summed E-state index contributed by atoms with van der Waals surface area (Å²) in [6, 6.07) is 1.60. The Hall–Kier alpha value is -2.17. The Labute approximate surface area is 124 Å². The summed E-state index contributed by atoms with van der Waals surface area (Å²) in [6.45, 7) is 5.01. The lowest BCUT2D eigenvalue weighted by atomic mass is 9.92. The molecule has 21 heavy (non-hydrogen) atoms. The fraction of sp³-hybridized carbons (Fsp3) is 0.438. The summed E-state index contributed by atoms with van der Waals surface area (Å²) < 4.78 is 0. The predicted octanol–water partition coefficient (Wildman–Crippen LogP) is 2.35. The van der Waals surface area contributed by atoms with Gasteiger partial charge in [0.1, 0.15) is 0 Å². The van der Waals surface area contributed by atoms with Crippen molar-refractivity contribution >= 4 is 18.0 Å². The first kappa shape index (κ1) is 15.2. The Morgan fingerprint density at radius 1 is 1.48 bits per heavy atom. The highest BCUT2D eigenvalue weighted by molar-refractivity contribution is 5.98. The summed E-state index contributed by atoms with van der Waals surface area (Å²) >= 11 is 0. The number of hydrogen-bond donors (Lipinski definition) is 2. The molecular weight excluding hydrogens is 268 g/mol. The number of carbonyl (C=O) groups is 2. The van der Waals surface area contributed by atoms with E-state index in [4.69, 9.17) is 5.11 Å². The third kappa shape index (κ3) is 3.68. The maximum absolute atomic E-state index is 12.3. The van der Waals surface area contributed by atoms with Gasteiger partial charge in [0.25, 0.3) is 5.91 Å². The molecule has 0 unspecified atom stereocenters. The van der Waals surface area contributed by atoms with Crippen LogP contribution in [0.25, 0.3) is 6.08 Å². The molecule has 5 nitrogen and oxygen atoms in total. The Bertz CT molecular complexity index is 575. The van der Waals surface area contributed by atoms with Gasteiger partial charge in [-0.3, -0.25) is 9.78 Å². The second kappa shape index (κ2) is 6.08. The molecule has 5 heteroatoms. The van der Waals surface area contributed by atoms with Crippen molar-refractivity contribution in [2.24, 2.45) is 11.3 Å². The van der Waals surface area contributed by atoms with Gasteiger partial charge in [0.2, 0.25) is 0 Å².